The van der Waals surface area contributed by atoms with E-state index in [1.807, 2.05) is 18.2 Å². The molecular formula is C13H18N4. The summed E-state index contributed by atoms with van der Waals surface area (Å²) in [5, 5.41) is 0. The summed E-state index contributed by atoms with van der Waals surface area (Å²) in [7, 11) is 0. The molecular weight excluding hydrogens is 212 g/mol. The monoisotopic (exact) mass is 230 g/mol. The fraction of sp³-hybridized carbons (Fsp3) is 0.462. The fourth-order valence-electron chi connectivity index (χ4n) is 2.54. The highest BCUT2D eigenvalue weighted by molar-refractivity contribution is 5.77. The summed E-state index contributed by atoms with van der Waals surface area (Å²) in [6.07, 6.45) is 2.45. The number of hydrogen-bond acceptors (Lipinski definition) is 3. The van der Waals surface area contributed by atoms with Gasteiger partial charge in [-0.15, -0.1) is 0 Å². The van der Waals surface area contributed by atoms with E-state index >= 15 is 0 Å². The third kappa shape index (κ3) is 2.00. The zero-order chi connectivity index (χ0) is 11.7. The quantitative estimate of drug-likeness (QED) is 0.826. The van der Waals surface area contributed by atoms with E-state index in [1.165, 1.54) is 12.8 Å². The number of anilines is 1. The first-order valence-corrected chi connectivity index (χ1v) is 6.26. The second-order valence-electron chi connectivity index (χ2n) is 4.77. The molecule has 0 bridgehead atoms. The van der Waals surface area contributed by atoms with Crippen LogP contribution in [0.1, 0.15) is 12.8 Å². The van der Waals surface area contributed by atoms with Gasteiger partial charge in [0.15, 0.2) is 0 Å². The summed E-state index contributed by atoms with van der Waals surface area (Å²) in [6, 6.07) is 8.16. The van der Waals surface area contributed by atoms with Gasteiger partial charge in [-0.2, -0.15) is 0 Å². The van der Waals surface area contributed by atoms with Crippen molar-refractivity contribution < 1.29 is 0 Å². The second-order valence-corrected chi connectivity index (χ2v) is 4.77. The molecule has 1 fully saturated rings. The van der Waals surface area contributed by atoms with Crippen molar-refractivity contribution in [3.05, 3.63) is 24.3 Å². The maximum absolute atomic E-state index is 5.76. The maximum atomic E-state index is 5.76. The number of fused-ring (bicyclic) bond motifs is 1. The number of imidazole rings is 1. The molecule has 1 aromatic heterocycles. The van der Waals surface area contributed by atoms with Gasteiger partial charge in [-0.05, 0) is 37.4 Å². The minimum atomic E-state index is 0.608. The molecule has 2 aromatic rings. The smallest absolute Gasteiger partial charge is 0.203 e. The van der Waals surface area contributed by atoms with Gasteiger partial charge in [0.05, 0.1) is 11.0 Å². The lowest BCUT2D eigenvalue weighted by Gasteiger charge is -2.31. The van der Waals surface area contributed by atoms with E-state index in [-0.39, 0.29) is 0 Å². The number of benzene rings is 1. The number of nitrogens with two attached hydrogens (primary N) is 1. The van der Waals surface area contributed by atoms with Gasteiger partial charge >= 0.3 is 0 Å². The van der Waals surface area contributed by atoms with Gasteiger partial charge in [-0.1, -0.05) is 12.1 Å². The van der Waals surface area contributed by atoms with Crippen LogP contribution in [0.2, 0.25) is 0 Å². The number of hydrogen-bond donors (Lipinski definition) is 2. The Balaban J connectivity index is 1.87. The lowest BCUT2D eigenvalue weighted by molar-refractivity contribution is 0.420. The highest BCUT2D eigenvalue weighted by Crippen LogP contribution is 2.22. The minimum Gasteiger partial charge on any atom is -0.342 e. The Bertz CT molecular complexity index is 472. The zero-order valence-corrected chi connectivity index (χ0v) is 9.89. The molecule has 0 spiro atoms. The SMILES string of the molecule is NCC1CCCN(c2nc3ccccc3[nH]2)C1. The molecule has 17 heavy (non-hydrogen) atoms. The molecule has 2 heterocycles. The number of aromatic amines is 1. The van der Waals surface area contributed by atoms with Crippen LogP contribution in [0, 0.1) is 5.92 Å². The van der Waals surface area contributed by atoms with E-state index in [4.69, 9.17) is 5.73 Å². The largest absolute Gasteiger partial charge is 0.342 e. The Morgan fingerprint density at radius 3 is 3.12 bits per heavy atom. The molecule has 3 N–H and O–H groups in total. The van der Waals surface area contributed by atoms with E-state index in [0.717, 1.165) is 36.6 Å². The first-order valence-electron chi connectivity index (χ1n) is 6.26. The lowest BCUT2D eigenvalue weighted by Crippen LogP contribution is -2.38. The van der Waals surface area contributed by atoms with E-state index in [1.54, 1.807) is 0 Å². The Hall–Kier alpha value is -1.55. The van der Waals surface area contributed by atoms with Crippen molar-refractivity contribution in [2.75, 3.05) is 24.5 Å². The molecule has 3 rings (SSSR count). The molecule has 1 saturated heterocycles. The molecule has 1 aliphatic rings. The standard InChI is InChI=1S/C13H18N4/c14-8-10-4-3-7-17(9-10)13-15-11-5-1-2-6-12(11)16-13/h1-2,5-6,10H,3-4,7-9,14H2,(H,15,16). The summed E-state index contributed by atoms with van der Waals surface area (Å²) in [4.78, 5) is 10.3. The number of para-hydroxylation sites is 2. The Morgan fingerprint density at radius 2 is 2.29 bits per heavy atom. The second kappa shape index (κ2) is 4.37. The Kier molecular flexibility index (Phi) is 2.73. The Morgan fingerprint density at radius 1 is 1.41 bits per heavy atom. The molecule has 1 aromatic carbocycles. The van der Waals surface area contributed by atoms with Crippen LogP contribution in [-0.2, 0) is 0 Å². The molecule has 4 heteroatoms. The Labute approximate surface area is 101 Å². The van der Waals surface area contributed by atoms with Crippen LogP contribution in [0.25, 0.3) is 11.0 Å². The van der Waals surface area contributed by atoms with Crippen molar-refractivity contribution in [2.45, 2.75) is 12.8 Å². The van der Waals surface area contributed by atoms with E-state index in [0.29, 0.717) is 5.92 Å². The van der Waals surface area contributed by atoms with E-state index in [2.05, 4.69) is 20.9 Å². The number of H-pyrrole nitrogens is 1. The number of aromatic nitrogens is 2. The van der Waals surface area contributed by atoms with E-state index < -0.39 is 0 Å². The molecule has 1 unspecified atom stereocenters. The maximum Gasteiger partial charge on any atom is 0.203 e. The predicted molar refractivity (Wildman–Crippen MR) is 70.1 cm³/mol. The van der Waals surface area contributed by atoms with Crippen LogP contribution in [0.3, 0.4) is 0 Å². The zero-order valence-electron chi connectivity index (χ0n) is 9.89. The summed E-state index contributed by atoms with van der Waals surface area (Å²) in [6.45, 7) is 2.88. The molecule has 0 saturated carbocycles. The number of nitrogens with one attached hydrogen (secondary N) is 1. The normalized spacial score (nSPS) is 21.0. The van der Waals surface area contributed by atoms with Gasteiger partial charge in [0.1, 0.15) is 0 Å². The average molecular weight is 230 g/mol. The van der Waals surface area contributed by atoms with Gasteiger partial charge in [-0.3, -0.25) is 0 Å². The van der Waals surface area contributed by atoms with Crippen LogP contribution in [-0.4, -0.2) is 29.6 Å². The number of rotatable bonds is 2. The van der Waals surface area contributed by atoms with Gasteiger partial charge in [0, 0.05) is 13.1 Å². The van der Waals surface area contributed by atoms with Crippen molar-refractivity contribution in [3.8, 4) is 0 Å². The van der Waals surface area contributed by atoms with Gasteiger partial charge in [0.2, 0.25) is 5.95 Å². The van der Waals surface area contributed by atoms with Crippen LogP contribution in [0.4, 0.5) is 5.95 Å². The summed E-state index contributed by atoms with van der Waals surface area (Å²) < 4.78 is 0. The third-order valence-electron chi connectivity index (χ3n) is 3.53. The van der Waals surface area contributed by atoms with Crippen molar-refractivity contribution in [2.24, 2.45) is 11.7 Å². The molecule has 0 radical (unpaired) electrons. The molecule has 0 aliphatic carbocycles. The fourth-order valence-corrected chi connectivity index (χ4v) is 2.54. The molecule has 90 valence electrons. The summed E-state index contributed by atoms with van der Waals surface area (Å²) in [5.74, 6) is 1.60. The third-order valence-corrected chi connectivity index (χ3v) is 3.53. The minimum absolute atomic E-state index is 0.608. The first-order chi connectivity index (χ1) is 8.36. The van der Waals surface area contributed by atoms with Crippen molar-refractivity contribution in [1.82, 2.24) is 9.97 Å². The van der Waals surface area contributed by atoms with E-state index in [9.17, 15) is 0 Å². The topological polar surface area (TPSA) is 57.9 Å². The highest BCUT2D eigenvalue weighted by atomic mass is 15.3. The average Bonchev–Trinajstić information content (AvgIpc) is 2.82. The molecule has 1 atom stereocenters. The summed E-state index contributed by atoms with van der Waals surface area (Å²) >= 11 is 0. The van der Waals surface area contributed by atoms with Gasteiger partial charge in [-0.25, -0.2) is 4.98 Å². The number of nitrogens with zero attached hydrogens (tertiary/aromatic N) is 2. The highest BCUT2D eigenvalue weighted by Gasteiger charge is 2.20. The van der Waals surface area contributed by atoms with Crippen LogP contribution in [0.5, 0.6) is 0 Å². The van der Waals surface area contributed by atoms with Crippen molar-refractivity contribution in [1.29, 1.82) is 0 Å². The lowest BCUT2D eigenvalue weighted by atomic mass is 9.99. The van der Waals surface area contributed by atoms with Gasteiger partial charge in [0.25, 0.3) is 0 Å². The van der Waals surface area contributed by atoms with Crippen LogP contribution < -0.4 is 10.6 Å². The first kappa shape index (κ1) is 10.6. The number of piperidine rings is 1. The van der Waals surface area contributed by atoms with Crippen molar-refractivity contribution in [3.63, 3.8) is 0 Å². The molecule has 1 aliphatic heterocycles. The van der Waals surface area contributed by atoms with Crippen LogP contribution in [0.15, 0.2) is 24.3 Å². The predicted octanol–water partition coefficient (Wildman–Crippen LogP) is 1.74. The van der Waals surface area contributed by atoms with Crippen LogP contribution >= 0.6 is 0 Å². The van der Waals surface area contributed by atoms with Crippen molar-refractivity contribution >= 4 is 17.0 Å². The molecule has 0 amide bonds. The summed E-state index contributed by atoms with van der Waals surface area (Å²) in [5.41, 5.74) is 7.91. The molecule has 4 nitrogen and oxygen atoms in total. The van der Waals surface area contributed by atoms with Gasteiger partial charge < -0.3 is 15.6 Å².